The Morgan fingerprint density at radius 1 is 0.929 bits per heavy atom. The Balaban J connectivity index is 3.38. The predicted octanol–water partition coefficient (Wildman–Crippen LogP) is 5.15. The number of carbonyl (C=O) groups excluding carboxylic acids is 1. The summed E-state index contributed by atoms with van der Waals surface area (Å²) in [6, 6.07) is 6.81. The van der Waals surface area contributed by atoms with Crippen LogP contribution >= 0.6 is 11.8 Å². The lowest BCUT2D eigenvalue weighted by molar-refractivity contribution is -0.408. The highest BCUT2D eigenvalue weighted by atomic mass is 32.2. The van der Waals surface area contributed by atoms with Crippen molar-refractivity contribution in [1.82, 2.24) is 0 Å². The maximum absolute atomic E-state index is 14.2. The Hall–Kier alpha value is -1.63. The van der Waals surface area contributed by atoms with E-state index in [0.717, 1.165) is 0 Å². The van der Waals surface area contributed by atoms with E-state index in [-0.39, 0.29) is 16.7 Å². The average molecular weight is 444 g/mol. The lowest BCUT2D eigenvalue weighted by Gasteiger charge is -2.39. The van der Waals surface area contributed by atoms with Crippen LogP contribution in [0.15, 0.2) is 35.2 Å². The van der Waals surface area contributed by atoms with Crippen molar-refractivity contribution in [3.63, 3.8) is 0 Å². The molecule has 0 aromatic heterocycles. The summed E-state index contributed by atoms with van der Waals surface area (Å²) in [4.78, 5) is 11.2. The molecule has 1 aromatic carbocycles. The summed E-state index contributed by atoms with van der Waals surface area (Å²) < 4.78 is 128. The van der Waals surface area contributed by atoms with Gasteiger partial charge >= 0.3 is 29.9 Å². The van der Waals surface area contributed by atoms with E-state index in [1.165, 1.54) is 30.3 Å². The zero-order chi connectivity index (χ0) is 22.0. The number of hydrogen-bond donors (Lipinski definition) is 0. The van der Waals surface area contributed by atoms with E-state index in [2.05, 4.69) is 9.47 Å². The highest BCUT2D eigenvalue weighted by Gasteiger charge is 2.84. The fourth-order valence-corrected chi connectivity index (χ4v) is 3.11. The van der Waals surface area contributed by atoms with Crippen LogP contribution in [0.4, 0.5) is 39.5 Å². The minimum atomic E-state index is -7.08. The largest absolute Gasteiger partial charge is 0.460 e. The Morgan fingerprint density at radius 3 is 1.82 bits per heavy atom. The molecule has 0 bridgehead atoms. The van der Waals surface area contributed by atoms with E-state index in [1.54, 1.807) is 0 Å². The standard InChI is InChI=1S/C15H13F9O3S/c1-8(25)27-11(28-9-6-4-3-5-7-9)10(26-2)12(16,17)13(18,19)14(20,21)15(22,23)24/h3-7,10-11H,1-2H3. The van der Waals surface area contributed by atoms with Gasteiger partial charge in [0.05, 0.1) is 0 Å². The molecule has 0 aliphatic rings. The Labute approximate surface area is 157 Å². The van der Waals surface area contributed by atoms with Gasteiger partial charge in [-0.2, -0.15) is 39.5 Å². The molecule has 0 saturated carbocycles. The minimum Gasteiger partial charge on any atom is -0.448 e. The average Bonchev–Trinajstić information content (AvgIpc) is 2.54. The maximum Gasteiger partial charge on any atom is 0.460 e. The molecule has 0 spiro atoms. The van der Waals surface area contributed by atoms with Crippen molar-refractivity contribution < 1.29 is 53.8 Å². The summed E-state index contributed by atoms with van der Waals surface area (Å²) in [7, 11) is 0.377. The van der Waals surface area contributed by atoms with Crippen LogP contribution in [0, 0.1) is 0 Å². The maximum atomic E-state index is 14.2. The van der Waals surface area contributed by atoms with Crippen molar-refractivity contribution in [2.24, 2.45) is 0 Å². The molecule has 0 radical (unpaired) electrons. The third-order valence-corrected chi connectivity index (χ3v) is 4.43. The quantitative estimate of drug-likeness (QED) is 0.241. The lowest BCUT2D eigenvalue weighted by atomic mass is 9.99. The van der Waals surface area contributed by atoms with E-state index in [4.69, 9.17) is 0 Å². The fraction of sp³-hybridized carbons (Fsp3) is 0.533. The number of hydrogen-bond acceptors (Lipinski definition) is 4. The Bertz CT molecular complexity index is 664. The van der Waals surface area contributed by atoms with Gasteiger partial charge in [0, 0.05) is 18.9 Å². The summed E-state index contributed by atoms with van der Waals surface area (Å²) in [6.07, 6.45) is -10.3. The summed E-state index contributed by atoms with van der Waals surface area (Å²) in [5.41, 5.74) is -2.37. The first-order chi connectivity index (χ1) is 12.6. The van der Waals surface area contributed by atoms with E-state index in [0.29, 0.717) is 14.0 Å². The molecule has 0 saturated heterocycles. The Morgan fingerprint density at radius 2 is 1.43 bits per heavy atom. The molecule has 0 aliphatic carbocycles. The van der Waals surface area contributed by atoms with E-state index in [1.807, 2.05) is 0 Å². The molecule has 0 N–H and O–H groups in total. The number of ether oxygens (including phenoxy) is 2. The summed E-state index contributed by atoms with van der Waals surface area (Å²) >= 11 is 0.203. The third kappa shape index (κ3) is 4.67. The first-order valence-electron chi connectivity index (χ1n) is 7.21. The zero-order valence-electron chi connectivity index (χ0n) is 14.1. The van der Waals surface area contributed by atoms with Gasteiger partial charge in [-0.25, -0.2) is 0 Å². The molecule has 2 unspecified atom stereocenters. The molecule has 0 amide bonds. The van der Waals surface area contributed by atoms with Gasteiger partial charge in [0.15, 0.2) is 11.5 Å². The molecular weight excluding hydrogens is 431 g/mol. The second-order valence-electron chi connectivity index (χ2n) is 5.33. The van der Waals surface area contributed by atoms with Crippen LogP contribution in [0.2, 0.25) is 0 Å². The molecule has 1 rings (SSSR count). The molecule has 0 fully saturated rings. The normalized spacial score (nSPS) is 15.8. The highest BCUT2D eigenvalue weighted by Crippen LogP contribution is 2.55. The van der Waals surface area contributed by atoms with Crippen LogP contribution in [0.5, 0.6) is 0 Å². The molecule has 28 heavy (non-hydrogen) atoms. The molecule has 160 valence electrons. The number of carbonyl (C=O) groups is 1. The summed E-state index contributed by atoms with van der Waals surface area (Å²) in [5, 5.41) is 0. The van der Waals surface area contributed by atoms with Crippen LogP contribution in [0.3, 0.4) is 0 Å². The van der Waals surface area contributed by atoms with Crippen LogP contribution in [0.25, 0.3) is 0 Å². The molecule has 13 heteroatoms. The van der Waals surface area contributed by atoms with Crippen molar-refractivity contribution in [2.45, 2.75) is 47.3 Å². The monoisotopic (exact) mass is 444 g/mol. The van der Waals surface area contributed by atoms with Crippen molar-refractivity contribution in [3.8, 4) is 0 Å². The molecule has 3 nitrogen and oxygen atoms in total. The van der Waals surface area contributed by atoms with Gasteiger partial charge in [0.2, 0.25) is 0 Å². The van der Waals surface area contributed by atoms with Crippen molar-refractivity contribution >= 4 is 17.7 Å². The molecule has 2 atom stereocenters. The number of esters is 1. The van der Waals surface area contributed by atoms with Gasteiger partial charge in [-0.3, -0.25) is 4.79 Å². The number of alkyl halides is 9. The second kappa shape index (κ2) is 8.39. The van der Waals surface area contributed by atoms with Gasteiger partial charge in [-0.05, 0) is 12.1 Å². The van der Waals surface area contributed by atoms with E-state index < -0.39 is 41.5 Å². The smallest absolute Gasteiger partial charge is 0.448 e. The number of benzene rings is 1. The zero-order valence-corrected chi connectivity index (χ0v) is 14.9. The van der Waals surface area contributed by atoms with Gasteiger partial charge in [0.1, 0.15) is 0 Å². The van der Waals surface area contributed by atoms with Crippen LogP contribution in [-0.2, 0) is 14.3 Å². The lowest BCUT2D eigenvalue weighted by Crippen LogP contribution is -2.66. The second-order valence-corrected chi connectivity index (χ2v) is 6.51. The summed E-state index contributed by atoms with van der Waals surface area (Å²) in [6.45, 7) is 0.700. The SMILES string of the molecule is COC(C(OC(C)=O)Sc1ccccc1)C(F)(F)C(F)(F)C(F)(F)C(F)(F)F. The highest BCUT2D eigenvalue weighted by molar-refractivity contribution is 7.99. The van der Waals surface area contributed by atoms with Gasteiger partial charge in [-0.1, -0.05) is 30.0 Å². The fourth-order valence-electron chi connectivity index (χ4n) is 1.94. The topological polar surface area (TPSA) is 35.5 Å². The Kier molecular flexibility index (Phi) is 7.32. The van der Waals surface area contributed by atoms with Crippen molar-refractivity contribution in [3.05, 3.63) is 30.3 Å². The predicted molar refractivity (Wildman–Crippen MR) is 79.5 cm³/mol. The van der Waals surface area contributed by atoms with E-state index >= 15 is 0 Å². The number of halogens is 9. The van der Waals surface area contributed by atoms with E-state index in [9.17, 15) is 44.3 Å². The number of rotatable bonds is 8. The third-order valence-electron chi connectivity index (χ3n) is 3.31. The minimum absolute atomic E-state index is 0.0671. The van der Waals surface area contributed by atoms with Crippen LogP contribution in [0.1, 0.15) is 6.92 Å². The molecule has 0 aliphatic heterocycles. The van der Waals surface area contributed by atoms with Crippen LogP contribution in [-0.4, -0.2) is 48.6 Å². The van der Waals surface area contributed by atoms with Gasteiger partial charge in [-0.15, -0.1) is 0 Å². The number of thioether (sulfide) groups is 1. The number of methoxy groups -OCH3 is 1. The van der Waals surface area contributed by atoms with Crippen molar-refractivity contribution in [1.29, 1.82) is 0 Å². The van der Waals surface area contributed by atoms with Gasteiger partial charge < -0.3 is 9.47 Å². The molecule has 1 aromatic rings. The summed E-state index contributed by atoms with van der Waals surface area (Å²) in [5.74, 6) is -21.4. The molecular formula is C15H13F9O3S. The first kappa shape index (κ1) is 24.4. The first-order valence-corrected chi connectivity index (χ1v) is 8.09. The van der Waals surface area contributed by atoms with Crippen molar-refractivity contribution in [2.75, 3.05) is 7.11 Å². The van der Waals surface area contributed by atoms with Crippen LogP contribution < -0.4 is 0 Å². The molecule has 0 heterocycles. The van der Waals surface area contributed by atoms with Gasteiger partial charge in [0.25, 0.3) is 0 Å².